The van der Waals surface area contributed by atoms with Crippen molar-refractivity contribution >= 4 is 23.5 Å². The van der Waals surface area contributed by atoms with Crippen LogP contribution >= 0.6 is 0 Å². The first-order chi connectivity index (χ1) is 22.5. The van der Waals surface area contributed by atoms with E-state index < -0.39 is 12.0 Å². The third-order valence-electron chi connectivity index (χ3n) is 8.49. The van der Waals surface area contributed by atoms with E-state index >= 15 is 0 Å². The average Bonchev–Trinajstić information content (AvgIpc) is 3.06. The number of carbonyl (C=O) groups is 3. The maximum Gasteiger partial charge on any atom is 0.335 e. The highest BCUT2D eigenvalue weighted by Gasteiger charge is 2.30. The van der Waals surface area contributed by atoms with E-state index in [1.807, 2.05) is 39.1 Å². The molecule has 0 unspecified atom stereocenters. The number of likely N-dealkylation sites (N-methyl/N-ethyl adjacent to an activating group) is 1. The van der Waals surface area contributed by atoms with E-state index in [9.17, 15) is 24.6 Å². The molecule has 3 N–H and O–H groups in total. The number of benzene rings is 3. The number of carbonyl (C=O) groups excluding carboxylic acids is 2. The van der Waals surface area contributed by atoms with Crippen molar-refractivity contribution in [2.45, 2.75) is 64.8 Å². The van der Waals surface area contributed by atoms with Gasteiger partial charge in [-0.2, -0.15) is 0 Å². The SMILES string of the molecule is C[C@H]1CCCCO[C@@H](CN(C)Cc2ccc(C(=O)O)cc2)[C@@H](C)CN([C@@H](C)CO)C(=O)c2cc(NC(=O)c3ccccc3)ccc2O1. The Morgan fingerprint density at radius 2 is 1.74 bits per heavy atom. The molecule has 3 aromatic carbocycles. The molecular formula is C37H47N3O7. The van der Waals surface area contributed by atoms with E-state index in [4.69, 9.17) is 9.47 Å². The molecule has 0 aromatic heterocycles. The molecule has 0 fully saturated rings. The molecule has 4 atom stereocenters. The summed E-state index contributed by atoms with van der Waals surface area (Å²) in [7, 11) is 1.99. The second-order valence-corrected chi connectivity index (χ2v) is 12.5. The van der Waals surface area contributed by atoms with Crippen molar-refractivity contribution in [1.29, 1.82) is 0 Å². The van der Waals surface area contributed by atoms with Gasteiger partial charge in [0.25, 0.3) is 11.8 Å². The molecule has 0 saturated heterocycles. The van der Waals surface area contributed by atoms with Crippen molar-refractivity contribution in [3.05, 3.63) is 95.1 Å². The minimum Gasteiger partial charge on any atom is -0.490 e. The summed E-state index contributed by atoms with van der Waals surface area (Å²) in [5.74, 6) is -1.22. The number of nitrogens with one attached hydrogen (secondary N) is 1. The molecule has 0 radical (unpaired) electrons. The molecule has 1 heterocycles. The Bertz CT molecular complexity index is 1480. The molecule has 0 aliphatic carbocycles. The van der Waals surface area contributed by atoms with Crippen LogP contribution in [-0.4, -0.2) is 89.4 Å². The first-order valence-corrected chi connectivity index (χ1v) is 16.3. The second kappa shape index (κ2) is 17.1. The monoisotopic (exact) mass is 645 g/mol. The number of amides is 2. The van der Waals surface area contributed by atoms with E-state index in [2.05, 4.69) is 10.2 Å². The number of aliphatic hydroxyl groups excluding tert-OH is 1. The summed E-state index contributed by atoms with van der Waals surface area (Å²) in [6, 6.07) is 20.3. The van der Waals surface area contributed by atoms with Crippen LogP contribution in [0.4, 0.5) is 5.69 Å². The van der Waals surface area contributed by atoms with E-state index in [-0.39, 0.29) is 42.1 Å². The average molecular weight is 646 g/mol. The molecule has 10 nitrogen and oxygen atoms in total. The number of anilines is 1. The molecule has 3 aromatic rings. The third kappa shape index (κ3) is 10.1. The number of carboxylic acid groups (broad SMARTS) is 1. The minimum atomic E-state index is -0.959. The Kier molecular flexibility index (Phi) is 12.9. The van der Waals surface area contributed by atoms with E-state index in [1.165, 1.54) is 0 Å². The number of hydrogen-bond acceptors (Lipinski definition) is 7. The van der Waals surface area contributed by atoms with Crippen molar-refractivity contribution in [1.82, 2.24) is 9.80 Å². The third-order valence-corrected chi connectivity index (χ3v) is 8.49. The summed E-state index contributed by atoms with van der Waals surface area (Å²) in [5.41, 5.74) is 2.51. The molecular weight excluding hydrogens is 598 g/mol. The van der Waals surface area contributed by atoms with Crippen LogP contribution in [0.15, 0.2) is 72.8 Å². The normalized spacial score (nSPS) is 20.1. The van der Waals surface area contributed by atoms with E-state index in [0.717, 1.165) is 24.8 Å². The van der Waals surface area contributed by atoms with Gasteiger partial charge in [-0.3, -0.25) is 14.5 Å². The van der Waals surface area contributed by atoms with Crippen molar-refractivity contribution in [3.63, 3.8) is 0 Å². The van der Waals surface area contributed by atoms with Gasteiger partial charge < -0.3 is 29.9 Å². The van der Waals surface area contributed by atoms with Gasteiger partial charge in [0.1, 0.15) is 5.75 Å². The van der Waals surface area contributed by atoms with E-state index in [0.29, 0.717) is 48.8 Å². The van der Waals surface area contributed by atoms with Gasteiger partial charge in [0.05, 0.1) is 36.0 Å². The quantitative estimate of drug-likeness (QED) is 0.276. The highest BCUT2D eigenvalue weighted by Crippen LogP contribution is 2.29. The standard InChI is InChI=1S/C37H47N3O7/c1-25-21-40(26(2)24-41)36(43)32-20-31(38-35(42)29-11-6-5-7-12-29)17-18-33(32)47-27(3)10-8-9-19-46-34(25)23-39(4)22-28-13-15-30(16-14-28)37(44)45/h5-7,11-18,20,25-27,34,41H,8-10,19,21-24H2,1-4H3,(H,38,42)(H,44,45)/t25-,26-,27-,34-/m0/s1. The van der Waals surface area contributed by atoms with Crippen LogP contribution < -0.4 is 10.1 Å². The molecule has 1 aliphatic rings. The lowest BCUT2D eigenvalue weighted by Gasteiger charge is -2.36. The minimum absolute atomic E-state index is 0.100. The number of fused-ring (bicyclic) bond motifs is 1. The predicted molar refractivity (Wildman–Crippen MR) is 181 cm³/mol. The summed E-state index contributed by atoms with van der Waals surface area (Å²) in [4.78, 5) is 42.3. The fourth-order valence-electron chi connectivity index (χ4n) is 5.69. The smallest absolute Gasteiger partial charge is 0.335 e. The first kappa shape index (κ1) is 35.6. The molecule has 0 bridgehead atoms. The molecule has 10 heteroatoms. The Morgan fingerprint density at radius 1 is 1.02 bits per heavy atom. The molecule has 4 rings (SSSR count). The topological polar surface area (TPSA) is 129 Å². The van der Waals surface area contributed by atoms with Crippen LogP contribution in [0.25, 0.3) is 0 Å². The van der Waals surface area contributed by atoms with Gasteiger partial charge in [0.15, 0.2) is 0 Å². The number of ether oxygens (including phenoxy) is 2. The van der Waals surface area contributed by atoms with Gasteiger partial charge in [-0.1, -0.05) is 37.3 Å². The fraction of sp³-hybridized carbons (Fsp3) is 0.432. The highest BCUT2D eigenvalue weighted by molar-refractivity contribution is 6.05. The largest absolute Gasteiger partial charge is 0.490 e. The van der Waals surface area contributed by atoms with Gasteiger partial charge >= 0.3 is 5.97 Å². The van der Waals surface area contributed by atoms with Crippen LogP contribution in [0.3, 0.4) is 0 Å². The number of nitrogens with zero attached hydrogens (tertiary/aromatic N) is 2. The highest BCUT2D eigenvalue weighted by atomic mass is 16.5. The van der Waals surface area contributed by atoms with Gasteiger partial charge in [-0.25, -0.2) is 4.79 Å². The Balaban J connectivity index is 1.59. The molecule has 2 amide bonds. The van der Waals surface area contributed by atoms with Crippen molar-refractivity contribution in [3.8, 4) is 5.75 Å². The lowest BCUT2D eigenvalue weighted by molar-refractivity contribution is -0.0177. The van der Waals surface area contributed by atoms with Crippen LogP contribution in [0.5, 0.6) is 5.75 Å². The van der Waals surface area contributed by atoms with Gasteiger partial charge in [0, 0.05) is 43.4 Å². The number of aromatic carboxylic acids is 1. The lowest BCUT2D eigenvalue weighted by atomic mass is 10.0. The van der Waals surface area contributed by atoms with Crippen LogP contribution in [-0.2, 0) is 11.3 Å². The second-order valence-electron chi connectivity index (χ2n) is 12.5. The number of aliphatic hydroxyl groups is 1. The summed E-state index contributed by atoms with van der Waals surface area (Å²) >= 11 is 0. The van der Waals surface area contributed by atoms with Gasteiger partial charge in [-0.05, 0) is 88.2 Å². The maximum atomic E-state index is 14.3. The predicted octanol–water partition coefficient (Wildman–Crippen LogP) is 5.56. The van der Waals surface area contributed by atoms with Crippen LogP contribution in [0, 0.1) is 5.92 Å². The van der Waals surface area contributed by atoms with E-state index in [1.54, 1.807) is 66.4 Å². The lowest BCUT2D eigenvalue weighted by Crippen LogP contribution is -2.47. The zero-order chi connectivity index (χ0) is 33.9. The number of hydrogen-bond donors (Lipinski definition) is 3. The molecule has 0 saturated carbocycles. The molecule has 252 valence electrons. The molecule has 0 spiro atoms. The molecule has 47 heavy (non-hydrogen) atoms. The number of carboxylic acids is 1. The summed E-state index contributed by atoms with van der Waals surface area (Å²) in [6.07, 6.45) is 2.13. The number of rotatable bonds is 9. The van der Waals surface area contributed by atoms with Crippen LogP contribution in [0.2, 0.25) is 0 Å². The van der Waals surface area contributed by atoms with Gasteiger partial charge in [0.2, 0.25) is 0 Å². The summed E-state index contributed by atoms with van der Waals surface area (Å²) in [6.45, 7) is 7.67. The zero-order valence-electron chi connectivity index (χ0n) is 27.7. The summed E-state index contributed by atoms with van der Waals surface area (Å²) in [5, 5.41) is 22.4. The molecule has 1 aliphatic heterocycles. The maximum absolute atomic E-state index is 14.3. The zero-order valence-corrected chi connectivity index (χ0v) is 27.7. The summed E-state index contributed by atoms with van der Waals surface area (Å²) < 4.78 is 12.7. The Morgan fingerprint density at radius 3 is 2.43 bits per heavy atom. The van der Waals surface area contributed by atoms with Crippen molar-refractivity contribution in [2.75, 3.05) is 38.7 Å². The van der Waals surface area contributed by atoms with Crippen molar-refractivity contribution in [2.24, 2.45) is 5.92 Å². The Hall–Kier alpha value is -4.25. The van der Waals surface area contributed by atoms with Gasteiger partial charge in [-0.15, -0.1) is 0 Å². The Labute approximate surface area is 277 Å². The fourth-order valence-corrected chi connectivity index (χ4v) is 5.69. The first-order valence-electron chi connectivity index (χ1n) is 16.3. The van der Waals surface area contributed by atoms with Crippen molar-refractivity contribution < 1.29 is 34.1 Å². The van der Waals surface area contributed by atoms with Crippen LogP contribution in [0.1, 0.15) is 76.7 Å².